The summed E-state index contributed by atoms with van der Waals surface area (Å²) in [5.74, 6) is 0. The number of halogens is 1. The molecule has 0 aliphatic rings. The lowest BCUT2D eigenvalue weighted by Gasteiger charge is -2.18. The van der Waals surface area contributed by atoms with E-state index in [4.69, 9.17) is 16.9 Å². The smallest absolute Gasteiger partial charge is 0.101 e. The van der Waals surface area contributed by atoms with Gasteiger partial charge in [-0.15, -0.1) is 0 Å². The summed E-state index contributed by atoms with van der Waals surface area (Å²) in [6, 6.07) is 15.2. The molecule has 0 aromatic heterocycles. The third-order valence-electron chi connectivity index (χ3n) is 2.76. The van der Waals surface area contributed by atoms with Crippen molar-refractivity contribution in [3.05, 3.63) is 53.1 Å². The van der Waals surface area contributed by atoms with E-state index >= 15 is 0 Å². The van der Waals surface area contributed by atoms with E-state index in [1.807, 2.05) is 43.3 Å². The molecular weight excluding hydrogens is 258 g/mol. The Morgan fingerprint density at radius 3 is 2.53 bits per heavy atom. The number of anilines is 3. The van der Waals surface area contributed by atoms with Crippen LogP contribution >= 0.6 is 11.6 Å². The highest BCUT2D eigenvalue weighted by molar-refractivity contribution is 6.30. The molecule has 0 amide bonds. The number of nitriles is 1. The fraction of sp³-hybridized carbons (Fsp3) is 0.133. The highest BCUT2D eigenvalue weighted by atomic mass is 35.5. The van der Waals surface area contributed by atoms with Crippen molar-refractivity contribution in [2.45, 2.75) is 0 Å². The van der Waals surface area contributed by atoms with Crippen molar-refractivity contribution in [1.29, 1.82) is 5.26 Å². The standard InChI is InChI=1S/C15H14ClN3/c1-19(2)15-6-4-3-5-13(15)18-14-9-12(16)8-7-11(14)10-17/h3-9,18H,1-2H3. The van der Waals surface area contributed by atoms with E-state index in [2.05, 4.69) is 11.4 Å². The van der Waals surface area contributed by atoms with Gasteiger partial charge in [-0.05, 0) is 30.3 Å². The van der Waals surface area contributed by atoms with Crippen LogP contribution in [-0.2, 0) is 0 Å². The number of para-hydroxylation sites is 2. The van der Waals surface area contributed by atoms with Gasteiger partial charge in [-0.3, -0.25) is 0 Å². The largest absolute Gasteiger partial charge is 0.376 e. The molecule has 0 bridgehead atoms. The highest BCUT2D eigenvalue weighted by Crippen LogP contribution is 2.30. The maximum atomic E-state index is 9.12. The molecule has 0 heterocycles. The molecule has 3 nitrogen and oxygen atoms in total. The van der Waals surface area contributed by atoms with E-state index in [9.17, 15) is 0 Å². The Hall–Kier alpha value is -2.18. The summed E-state index contributed by atoms with van der Waals surface area (Å²) < 4.78 is 0. The fourth-order valence-corrected chi connectivity index (χ4v) is 2.00. The van der Waals surface area contributed by atoms with Gasteiger partial charge < -0.3 is 10.2 Å². The maximum Gasteiger partial charge on any atom is 0.101 e. The Morgan fingerprint density at radius 2 is 1.84 bits per heavy atom. The summed E-state index contributed by atoms with van der Waals surface area (Å²) in [6.07, 6.45) is 0. The van der Waals surface area contributed by atoms with E-state index in [0.29, 0.717) is 16.3 Å². The lowest BCUT2D eigenvalue weighted by Crippen LogP contribution is -2.10. The summed E-state index contributed by atoms with van der Waals surface area (Å²) >= 11 is 5.98. The van der Waals surface area contributed by atoms with Crippen molar-refractivity contribution in [2.75, 3.05) is 24.3 Å². The molecule has 0 unspecified atom stereocenters. The molecule has 0 radical (unpaired) electrons. The number of nitrogens with one attached hydrogen (secondary N) is 1. The second-order valence-corrected chi connectivity index (χ2v) is 4.77. The van der Waals surface area contributed by atoms with Crippen LogP contribution in [0.3, 0.4) is 0 Å². The van der Waals surface area contributed by atoms with Crippen LogP contribution in [0.25, 0.3) is 0 Å². The van der Waals surface area contributed by atoms with Gasteiger partial charge in [0.2, 0.25) is 0 Å². The minimum absolute atomic E-state index is 0.568. The molecular formula is C15H14ClN3. The van der Waals surface area contributed by atoms with Gasteiger partial charge in [0, 0.05) is 19.1 Å². The van der Waals surface area contributed by atoms with E-state index in [1.165, 1.54) is 0 Å². The Kier molecular flexibility index (Phi) is 3.94. The van der Waals surface area contributed by atoms with Gasteiger partial charge in [0.15, 0.2) is 0 Å². The van der Waals surface area contributed by atoms with Gasteiger partial charge >= 0.3 is 0 Å². The maximum absolute atomic E-state index is 9.12. The van der Waals surface area contributed by atoms with Gasteiger partial charge in [-0.2, -0.15) is 5.26 Å². The molecule has 4 heteroatoms. The Balaban J connectivity index is 2.42. The van der Waals surface area contributed by atoms with Crippen molar-refractivity contribution in [3.8, 4) is 6.07 Å². The molecule has 96 valence electrons. The number of benzene rings is 2. The topological polar surface area (TPSA) is 39.1 Å². The minimum Gasteiger partial charge on any atom is -0.376 e. The van der Waals surface area contributed by atoms with Crippen molar-refractivity contribution in [3.63, 3.8) is 0 Å². The van der Waals surface area contributed by atoms with Gasteiger partial charge in [0.05, 0.1) is 22.6 Å². The van der Waals surface area contributed by atoms with Crippen LogP contribution in [0.2, 0.25) is 5.02 Å². The van der Waals surface area contributed by atoms with E-state index in [-0.39, 0.29) is 0 Å². The Morgan fingerprint density at radius 1 is 1.11 bits per heavy atom. The van der Waals surface area contributed by atoms with Gasteiger partial charge in [-0.1, -0.05) is 23.7 Å². The number of hydrogen-bond donors (Lipinski definition) is 1. The van der Waals surface area contributed by atoms with Crippen LogP contribution in [0.5, 0.6) is 0 Å². The van der Waals surface area contributed by atoms with E-state index < -0.39 is 0 Å². The fourth-order valence-electron chi connectivity index (χ4n) is 1.83. The van der Waals surface area contributed by atoms with Gasteiger partial charge in [-0.25, -0.2) is 0 Å². The Labute approximate surface area is 118 Å². The first-order valence-corrected chi connectivity index (χ1v) is 6.22. The first-order valence-electron chi connectivity index (χ1n) is 5.85. The zero-order chi connectivity index (χ0) is 13.8. The zero-order valence-electron chi connectivity index (χ0n) is 10.8. The summed E-state index contributed by atoms with van der Waals surface area (Å²) in [7, 11) is 3.95. The van der Waals surface area contributed by atoms with Crippen LogP contribution in [0, 0.1) is 11.3 Å². The zero-order valence-corrected chi connectivity index (χ0v) is 11.6. The monoisotopic (exact) mass is 271 g/mol. The first-order chi connectivity index (χ1) is 9.11. The molecule has 0 atom stereocenters. The third kappa shape index (κ3) is 2.98. The number of nitrogens with zero attached hydrogens (tertiary/aromatic N) is 2. The summed E-state index contributed by atoms with van der Waals surface area (Å²) in [5.41, 5.74) is 3.26. The summed E-state index contributed by atoms with van der Waals surface area (Å²) in [4.78, 5) is 2.01. The molecule has 1 N–H and O–H groups in total. The second-order valence-electron chi connectivity index (χ2n) is 4.34. The lowest BCUT2D eigenvalue weighted by atomic mass is 10.1. The first kappa shape index (κ1) is 13.3. The van der Waals surface area contributed by atoms with Crippen LogP contribution in [0.1, 0.15) is 5.56 Å². The normalized spacial score (nSPS) is 9.79. The second kappa shape index (κ2) is 5.64. The van der Waals surface area contributed by atoms with Crippen molar-refractivity contribution >= 4 is 28.7 Å². The molecule has 0 saturated carbocycles. The summed E-state index contributed by atoms with van der Waals surface area (Å²) in [6.45, 7) is 0. The van der Waals surface area contributed by atoms with Crippen molar-refractivity contribution in [2.24, 2.45) is 0 Å². The van der Waals surface area contributed by atoms with Crippen molar-refractivity contribution < 1.29 is 0 Å². The average Bonchev–Trinajstić information content (AvgIpc) is 2.39. The third-order valence-corrected chi connectivity index (χ3v) is 2.99. The molecule has 2 aromatic carbocycles. The lowest BCUT2D eigenvalue weighted by molar-refractivity contribution is 1.13. The van der Waals surface area contributed by atoms with Crippen LogP contribution < -0.4 is 10.2 Å². The van der Waals surface area contributed by atoms with Crippen molar-refractivity contribution in [1.82, 2.24) is 0 Å². The van der Waals surface area contributed by atoms with E-state index in [1.54, 1.807) is 18.2 Å². The molecule has 0 saturated heterocycles. The predicted molar refractivity (Wildman–Crippen MR) is 80.2 cm³/mol. The molecule has 2 rings (SSSR count). The highest BCUT2D eigenvalue weighted by Gasteiger charge is 2.07. The molecule has 2 aromatic rings. The van der Waals surface area contributed by atoms with E-state index in [0.717, 1.165) is 11.4 Å². The average molecular weight is 272 g/mol. The molecule has 0 spiro atoms. The number of hydrogen-bond acceptors (Lipinski definition) is 3. The van der Waals surface area contributed by atoms with Crippen LogP contribution in [-0.4, -0.2) is 14.1 Å². The van der Waals surface area contributed by atoms with Gasteiger partial charge in [0.25, 0.3) is 0 Å². The molecule has 0 aliphatic carbocycles. The number of rotatable bonds is 3. The summed E-state index contributed by atoms with van der Waals surface area (Å²) in [5, 5.41) is 13.0. The predicted octanol–water partition coefficient (Wildman–Crippen LogP) is 4.02. The molecule has 0 aliphatic heterocycles. The Bertz CT molecular complexity index is 630. The quantitative estimate of drug-likeness (QED) is 0.916. The van der Waals surface area contributed by atoms with Gasteiger partial charge in [0.1, 0.15) is 6.07 Å². The minimum atomic E-state index is 0.568. The molecule has 19 heavy (non-hydrogen) atoms. The van der Waals surface area contributed by atoms with Crippen LogP contribution in [0.15, 0.2) is 42.5 Å². The van der Waals surface area contributed by atoms with Crippen LogP contribution in [0.4, 0.5) is 17.1 Å². The molecule has 0 fully saturated rings. The SMILES string of the molecule is CN(C)c1ccccc1Nc1cc(Cl)ccc1C#N.